The summed E-state index contributed by atoms with van der Waals surface area (Å²) in [6.45, 7) is 2.87. The van der Waals surface area contributed by atoms with Gasteiger partial charge in [0.2, 0.25) is 0 Å². The SMILES string of the molecule is COCCN(CCCl)C1CCCCC1. The number of alkyl halides is 1. The van der Waals surface area contributed by atoms with Gasteiger partial charge in [0.25, 0.3) is 0 Å². The average molecular weight is 220 g/mol. The third kappa shape index (κ3) is 4.16. The zero-order valence-corrected chi connectivity index (χ0v) is 9.93. The van der Waals surface area contributed by atoms with Gasteiger partial charge in [-0.25, -0.2) is 0 Å². The van der Waals surface area contributed by atoms with E-state index in [9.17, 15) is 0 Å². The molecule has 2 nitrogen and oxygen atoms in total. The monoisotopic (exact) mass is 219 g/mol. The predicted molar refractivity (Wildman–Crippen MR) is 61.0 cm³/mol. The van der Waals surface area contributed by atoms with Crippen LogP contribution in [0.4, 0.5) is 0 Å². The number of ether oxygens (including phenoxy) is 1. The summed E-state index contributed by atoms with van der Waals surface area (Å²) in [5.41, 5.74) is 0. The van der Waals surface area contributed by atoms with Gasteiger partial charge in [-0.15, -0.1) is 11.6 Å². The van der Waals surface area contributed by atoms with E-state index < -0.39 is 0 Å². The first-order valence-electron chi connectivity index (χ1n) is 5.67. The average Bonchev–Trinajstić information content (AvgIpc) is 2.25. The Balaban J connectivity index is 2.30. The first-order valence-corrected chi connectivity index (χ1v) is 6.21. The van der Waals surface area contributed by atoms with Crippen LogP contribution in [-0.4, -0.2) is 43.6 Å². The molecule has 3 heteroatoms. The Morgan fingerprint density at radius 2 is 1.93 bits per heavy atom. The molecule has 0 heterocycles. The molecule has 0 radical (unpaired) electrons. The molecule has 0 aliphatic heterocycles. The van der Waals surface area contributed by atoms with Crippen LogP contribution in [0.1, 0.15) is 32.1 Å². The summed E-state index contributed by atoms with van der Waals surface area (Å²) in [6, 6.07) is 0.762. The molecule has 1 saturated carbocycles. The summed E-state index contributed by atoms with van der Waals surface area (Å²) < 4.78 is 5.12. The Kier molecular flexibility index (Phi) is 6.57. The largest absolute Gasteiger partial charge is 0.383 e. The zero-order chi connectivity index (χ0) is 10.2. The maximum atomic E-state index is 5.81. The molecule has 0 N–H and O–H groups in total. The van der Waals surface area contributed by atoms with Crippen LogP contribution in [0.3, 0.4) is 0 Å². The minimum Gasteiger partial charge on any atom is -0.383 e. The van der Waals surface area contributed by atoms with E-state index in [1.54, 1.807) is 7.11 Å². The number of hydrogen-bond donors (Lipinski definition) is 0. The standard InChI is InChI=1S/C11H22ClNO/c1-14-10-9-13(8-7-12)11-5-3-2-4-6-11/h11H,2-10H2,1H3. The van der Waals surface area contributed by atoms with Gasteiger partial charge in [-0.05, 0) is 12.8 Å². The van der Waals surface area contributed by atoms with Crippen molar-refractivity contribution in [3.63, 3.8) is 0 Å². The maximum Gasteiger partial charge on any atom is 0.0589 e. The van der Waals surface area contributed by atoms with Crippen molar-refractivity contribution in [3.8, 4) is 0 Å². The van der Waals surface area contributed by atoms with Gasteiger partial charge in [-0.2, -0.15) is 0 Å². The summed E-state index contributed by atoms with van der Waals surface area (Å²) in [5, 5.41) is 0. The van der Waals surface area contributed by atoms with Crippen LogP contribution in [0, 0.1) is 0 Å². The lowest BCUT2D eigenvalue weighted by Crippen LogP contribution is -2.40. The fourth-order valence-corrected chi connectivity index (χ4v) is 2.46. The van der Waals surface area contributed by atoms with Gasteiger partial charge in [-0.3, -0.25) is 4.90 Å². The second-order valence-corrected chi connectivity index (χ2v) is 4.39. The minimum atomic E-state index is 0.736. The van der Waals surface area contributed by atoms with Gasteiger partial charge in [-0.1, -0.05) is 19.3 Å². The molecule has 0 amide bonds. The number of rotatable bonds is 6. The topological polar surface area (TPSA) is 12.5 Å². The number of methoxy groups -OCH3 is 1. The van der Waals surface area contributed by atoms with E-state index in [0.717, 1.165) is 31.6 Å². The van der Waals surface area contributed by atoms with E-state index in [-0.39, 0.29) is 0 Å². The summed E-state index contributed by atoms with van der Waals surface area (Å²) in [6.07, 6.45) is 6.88. The van der Waals surface area contributed by atoms with Gasteiger partial charge < -0.3 is 4.74 Å². The van der Waals surface area contributed by atoms with Crippen LogP contribution in [-0.2, 0) is 4.74 Å². The van der Waals surface area contributed by atoms with Crippen molar-refractivity contribution in [1.82, 2.24) is 4.90 Å². The molecule has 84 valence electrons. The molecule has 0 saturated heterocycles. The molecule has 1 fully saturated rings. The maximum absolute atomic E-state index is 5.81. The Morgan fingerprint density at radius 3 is 2.50 bits per heavy atom. The van der Waals surface area contributed by atoms with Crippen LogP contribution in [0.25, 0.3) is 0 Å². The van der Waals surface area contributed by atoms with Gasteiger partial charge in [0, 0.05) is 32.1 Å². The molecule has 0 unspecified atom stereocenters. The lowest BCUT2D eigenvalue weighted by atomic mass is 9.94. The number of halogens is 1. The van der Waals surface area contributed by atoms with Crippen molar-refractivity contribution in [2.45, 2.75) is 38.1 Å². The Labute approximate surface area is 92.6 Å². The van der Waals surface area contributed by atoms with E-state index in [1.807, 2.05) is 0 Å². The highest BCUT2D eigenvalue weighted by atomic mass is 35.5. The van der Waals surface area contributed by atoms with Crippen LogP contribution in [0.5, 0.6) is 0 Å². The van der Waals surface area contributed by atoms with E-state index in [1.165, 1.54) is 32.1 Å². The molecule has 0 atom stereocenters. The summed E-state index contributed by atoms with van der Waals surface area (Å²) in [4.78, 5) is 2.50. The molecular weight excluding hydrogens is 198 g/mol. The van der Waals surface area contributed by atoms with Crippen molar-refractivity contribution < 1.29 is 4.74 Å². The van der Waals surface area contributed by atoms with Crippen molar-refractivity contribution >= 4 is 11.6 Å². The second-order valence-electron chi connectivity index (χ2n) is 4.01. The van der Waals surface area contributed by atoms with Crippen LogP contribution in [0.15, 0.2) is 0 Å². The first kappa shape index (κ1) is 12.3. The third-order valence-electron chi connectivity index (χ3n) is 3.05. The van der Waals surface area contributed by atoms with Gasteiger partial charge in [0.15, 0.2) is 0 Å². The summed E-state index contributed by atoms with van der Waals surface area (Å²) in [7, 11) is 1.76. The normalized spacial score (nSPS) is 19.1. The van der Waals surface area contributed by atoms with Gasteiger partial charge in [0.1, 0.15) is 0 Å². The molecule has 14 heavy (non-hydrogen) atoms. The first-order chi connectivity index (χ1) is 6.88. The number of hydrogen-bond acceptors (Lipinski definition) is 2. The molecule has 0 spiro atoms. The third-order valence-corrected chi connectivity index (χ3v) is 3.21. The molecule has 0 bridgehead atoms. The van der Waals surface area contributed by atoms with Crippen LogP contribution < -0.4 is 0 Å². The van der Waals surface area contributed by atoms with Crippen LogP contribution >= 0.6 is 11.6 Å². The fourth-order valence-electron chi connectivity index (χ4n) is 2.24. The highest BCUT2D eigenvalue weighted by Gasteiger charge is 2.19. The molecule has 0 aromatic rings. The lowest BCUT2D eigenvalue weighted by molar-refractivity contribution is 0.107. The fraction of sp³-hybridized carbons (Fsp3) is 1.00. The van der Waals surface area contributed by atoms with Crippen molar-refractivity contribution in [3.05, 3.63) is 0 Å². The smallest absolute Gasteiger partial charge is 0.0589 e. The molecule has 0 aromatic heterocycles. The number of nitrogens with zero attached hydrogens (tertiary/aromatic N) is 1. The van der Waals surface area contributed by atoms with Gasteiger partial charge in [0.05, 0.1) is 6.61 Å². The highest BCUT2D eigenvalue weighted by Crippen LogP contribution is 2.22. The minimum absolute atomic E-state index is 0.736. The van der Waals surface area contributed by atoms with Crippen molar-refractivity contribution in [2.24, 2.45) is 0 Å². The van der Waals surface area contributed by atoms with E-state index in [4.69, 9.17) is 16.3 Å². The Bertz CT molecular complexity index is 137. The summed E-state index contributed by atoms with van der Waals surface area (Å²) >= 11 is 5.81. The summed E-state index contributed by atoms with van der Waals surface area (Å²) in [5.74, 6) is 0.736. The van der Waals surface area contributed by atoms with E-state index in [0.29, 0.717) is 0 Å². The van der Waals surface area contributed by atoms with Crippen molar-refractivity contribution in [1.29, 1.82) is 0 Å². The Morgan fingerprint density at radius 1 is 1.21 bits per heavy atom. The highest BCUT2D eigenvalue weighted by molar-refractivity contribution is 6.18. The van der Waals surface area contributed by atoms with E-state index in [2.05, 4.69) is 4.90 Å². The molecular formula is C11H22ClNO. The van der Waals surface area contributed by atoms with Crippen LogP contribution in [0.2, 0.25) is 0 Å². The Hall–Kier alpha value is 0.210. The zero-order valence-electron chi connectivity index (χ0n) is 9.17. The quantitative estimate of drug-likeness (QED) is 0.637. The second kappa shape index (κ2) is 7.49. The van der Waals surface area contributed by atoms with Crippen molar-refractivity contribution in [2.75, 3.05) is 32.7 Å². The molecule has 1 aliphatic rings. The molecule has 0 aromatic carbocycles. The molecule has 1 rings (SSSR count). The van der Waals surface area contributed by atoms with Gasteiger partial charge >= 0.3 is 0 Å². The lowest BCUT2D eigenvalue weighted by Gasteiger charge is -2.33. The predicted octanol–water partition coefficient (Wildman–Crippen LogP) is 2.51. The van der Waals surface area contributed by atoms with E-state index >= 15 is 0 Å². The molecule has 1 aliphatic carbocycles.